The van der Waals surface area contributed by atoms with Crippen molar-refractivity contribution in [2.75, 3.05) is 13.7 Å². The smallest absolute Gasteiger partial charge is 0.119 e. The molecular weight excluding hydrogens is 224 g/mol. The molecule has 1 aromatic carbocycles. The molecule has 0 bridgehead atoms. The van der Waals surface area contributed by atoms with Crippen molar-refractivity contribution in [3.63, 3.8) is 0 Å². The quantitative estimate of drug-likeness (QED) is 0.725. The molecule has 0 saturated heterocycles. The summed E-state index contributed by atoms with van der Waals surface area (Å²) in [5.74, 6) is 1.76. The second kappa shape index (κ2) is 6.29. The van der Waals surface area contributed by atoms with Crippen molar-refractivity contribution in [1.82, 2.24) is 0 Å². The number of allylic oxidation sites excluding steroid dienone is 3. The summed E-state index contributed by atoms with van der Waals surface area (Å²) in [6.45, 7) is 2.92. The van der Waals surface area contributed by atoms with Crippen LogP contribution in [-0.4, -0.2) is 13.7 Å². The summed E-state index contributed by atoms with van der Waals surface area (Å²) in [5.41, 5.74) is 2.95. The normalized spacial score (nSPS) is 14.8. The molecule has 0 aromatic heterocycles. The van der Waals surface area contributed by atoms with Gasteiger partial charge in [-0.15, -0.1) is 0 Å². The van der Waals surface area contributed by atoms with Crippen LogP contribution in [0.4, 0.5) is 0 Å². The molecule has 96 valence electrons. The monoisotopic (exact) mass is 244 g/mol. The third-order valence-electron chi connectivity index (χ3n) is 3.18. The molecule has 1 aliphatic carbocycles. The van der Waals surface area contributed by atoms with Gasteiger partial charge in [0.05, 0.1) is 13.7 Å². The largest absolute Gasteiger partial charge is 0.497 e. The van der Waals surface area contributed by atoms with Crippen LogP contribution in [0, 0.1) is 0 Å². The Bertz CT molecular complexity index is 441. The van der Waals surface area contributed by atoms with Gasteiger partial charge in [0.1, 0.15) is 11.5 Å². The minimum Gasteiger partial charge on any atom is -0.497 e. The van der Waals surface area contributed by atoms with Gasteiger partial charge in [-0.1, -0.05) is 23.3 Å². The molecule has 2 rings (SSSR count). The molecule has 0 aliphatic heterocycles. The molecule has 2 nitrogen and oxygen atoms in total. The van der Waals surface area contributed by atoms with E-state index in [9.17, 15) is 0 Å². The maximum atomic E-state index is 5.72. The molecule has 2 heteroatoms. The highest BCUT2D eigenvalue weighted by molar-refractivity contribution is 5.31. The summed E-state index contributed by atoms with van der Waals surface area (Å²) in [6.07, 6.45) is 7.82. The van der Waals surface area contributed by atoms with E-state index in [0.29, 0.717) is 0 Å². The molecule has 0 saturated carbocycles. The van der Waals surface area contributed by atoms with Crippen molar-refractivity contribution in [3.8, 4) is 11.5 Å². The molecule has 0 amide bonds. The summed E-state index contributed by atoms with van der Waals surface area (Å²) in [6, 6.07) is 7.72. The average Bonchev–Trinajstić information content (AvgIpc) is 2.42. The van der Waals surface area contributed by atoms with Crippen LogP contribution in [0.1, 0.15) is 26.2 Å². The molecule has 0 fully saturated rings. The molecule has 1 aliphatic rings. The first kappa shape index (κ1) is 12.7. The van der Waals surface area contributed by atoms with Gasteiger partial charge in [-0.2, -0.15) is 0 Å². The van der Waals surface area contributed by atoms with Crippen molar-refractivity contribution < 1.29 is 9.47 Å². The maximum absolute atomic E-state index is 5.72. The van der Waals surface area contributed by atoms with Crippen LogP contribution in [-0.2, 0) is 0 Å². The maximum Gasteiger partial charge on any atom is 0.119 e. The summed E-state index contributed by atoms with van der Waals surface area (Å²) in [4.78, 5) is 0. The lowest BCUT2D eigenvalue weighted by Gasteiger charge is -2.12. The Kier molecular flexibility index (Phi) is 4.46. The highest BCUT2D eigenvalue weighted by Gasteiger charge is 2.03. The van der Waals surface area contributed by atoms with Gasteiger partial charge in [0, 0.05) is 6.42 Å². The van der Waals surface area contributed by atoms with Gasteiger partial charge in [0.25, 0.3) is 0 Å². The lowest BCUT2D eigenvalue weighted by Crippen LogP contribution is -2.00. The van der Waals surface area contributed by atoms with Gasteiger partial charge >= 0.3 is 0 Å². The topological polar surface area (TPSA) is 18.5 Å². The first-order chi connectivity index (χ1) is 8.78. The van der Waals surface area contributed by atoms with E-state index in [-0.39, 0.29) is 0 Å². The molecular formula is C16H20O2. The van der Waals surface area contributed by atoms with Crippen molar-refractivity contribution in [3.05, 3.63) is 47.6 Å². The lowest BCUT2D eigenvalue weighted by molar-refractivity contribution is 0.319. The fourth-order valence-corrected chi connectivity index (χ4v) is 1.95. The van der Waals surface area contributed by atoms with E-state index < -0.39 is 0 Å². The Hall–Kier alpha value is -1.70. The molecule has 0 atom stereocenters. The van der Waals surface area contributed by atoms with E-state index in [4.69, 9.17) is 9.47 Å². The Morgan fingerprint density at radius 1 is 1.00 bits per heavy atom. The van der Waals surface area contributed by atoms with Crippen LogP contribution in [0.25, 0.3) is 0 Å². The SMILES string of the molecule is COc1ccc(OCCC2=CCC(C)=CC2)cc1. The minimum absolute atomic E-state index is 0.741. The molecule has 0 N–H and O–H groups in total. The summed E-state index contributed by atoms with van der Waals surface area (Å²) in [7, 11) is 1.67. The predicted octanol–water partition coefficient (Wildman–Crippen LogP) is 4.13. The first-order valence-electron chi connectivity index (χ1n) is 6.38. The second-order valence-electron chi connectivity index (χ2n) is 4.60. The number of hydrogen-bond donors (Lipinski definition) is 0. The zero-order valence-electron chi connectivity index (χ0n) is 11.1. The van der Waals surface area contributed by atoms with Crippen molar-refractivity contribution >= 4 is 0 Å². The number of hydrogen-bond acceptors (Lipinski definition) is 2. The molecule has 1 aromatic rings. The molecule has 0 spiro atoms. The third-order valence-corrected chi connectivity index (χ3v) is 3.18. The van der Waals surface area contributed by atoms with Crippen molar-refractivity contribution in [2.45, 2.75) is 26.2 Å². The first-order valence-corrected chi connectivity index (χ1v) is 6.38. The Labute approximate surface area is 109 Å². The van der Waals surface area contributed by atoms with Crippen LogP contribution in [0.5, 0.6) is 11.5 Å². The Morgan fingerprint density at radius 3 is 2.33 bits per heavy atom. The molecule has 0 unspecified atom stereocenters. The Balaban J connectivity index is 1.75. The van der Waals surface area contributed by atoms with E-state index in [1.807, 2.05) is 24.3 Å². The third kappa shape index (κ3) is 3.66. The van der Waals surface area contributed by atoms with E-state index in [2.05, 4.69) is 19.1 Å². The highest BCUT2D eigenvalue weighted by Crippen LogP contribution is 2.21. The van der Waals surface area contributed by atoms with Gasteiger partial charge in [0.2, 0.25) is 0 Å². The number of benzene rings is 1. The van der Waals surface area contributed by atoms with Gasteiger partial charge in [-0.25, -0.2) is 0 Å². The highest BCUT2D eigenvalue weighted by atomic mass is 16.5. The van der Waals surface area contributed by atoms with Crippen LogP contribution in [0.3, 0.4) is 0 Å². The second-order valence-corrected chi connectivity index (χ2v) is 4.60. The lowest BCUT2D eigenvalue weighted by atomic mass is 9.99. The summed E-state index contributed by atoms with van der Waals surface area (Å²) in [5, 5.41) is 0. The molecule has 18 heavy (non-hydrogen) atoms. The molecule has 0 heterocycles. The average molecular weight is 244 g/mol. The fourth-order valence-electron chi connectivity index (χ4n) is 1.95. The summed E-state index contributed by atoms with van der Waals surface area (Å²) < 4.78 is 10.8. The van der Waals surface area contributed by atoms with Crippen LogP contribution in [0.2, 0.25) is 0 Å². The zero-order valence-corrected chi connectivity index (χ0v) is 11.1. The number of ether oxygens (including phenoxy) is 2. The Morgan fingerprint density at radius 2 is 1.72 bits per heavy atom. The minimum atomic E-state index is 0.741. The summed E-state index contributed by atoms with van der Waals surface area (Å²) >= 11 is 0. The predicted molar refractivity (Wildman–Crippen MR) is 74.2 cm³/mol. The van der Waals surface area contributed by atoms with Crippen molar-refractivity contribution in [1.29, 1.82) is 0 Å². The van der Waals surface area contributed by atoms with E-state index in [1.165, 1.54) is 11.1 Å². The van der Waals surface area contributed by atoms with E-state index in [0.717, 1.165) is 37.4 Å². The van der Waals surface area contributed by atoms with E-state index in [1.54, 1.807) is 7.11 Å². The number of rotatable bonds is 5. The van der Waals surface area contributed by atoms with Gasteiger partial charge in [0.15, 0.2) is 0 Å². The van der Waals surface area contributed by atoms with Gasteiger partial charge in [-0.3, -0.25) is 0 Å². The molecule has 0 radical (unpaired) electrons. The van der Waals surface area contributed by atoms with Crippen molar-refractivity contribution in [2.24, 2.45) is 0 Å². The van der Waals surface area contributed by atoms with Crippen LogP contribution < -0.4 is 9.47 Å². The standard InChI is InChI=1S/C16H20O2/c1-13-3-5-14(6-4-13)11-12-18-16-9-7-15(17-2)8-10-16/h3,6-10H,4-5,11-12H2,1-2H3. The number of methoxy groups -OCH3 is 1. The van der Waals surface area contributed by atoms with Gasteiger partial charge in [-0.05, 0) is 44.0 Å². The fraction of sp³-hybridized carbons (Fsp3) is 0.375. The van der Waals surface area contributed by atoms with Crippen LogP contribution in [0.15, 0.2) is 47.6 Å². The van der Waals surface area contributed by atoms with Crippen LogP contribution >= 0.6 is 0 Å². The van der Waals surface area contributed by atoms with Gasteiger partial charge < -0.3 is 9.47 Å². The van der Waals surface area contributed by atoms with E-state index >= 15 is 0 Å². The zero-order chi connectivity index (χ0) is 12.8.